The van der Waals surface area contributed by atoms with Gasteiger partial charge in [-0.25, -0.2) is 9.78 Å². The molecule has 35 heavy (non-hydrogen) atoms. The molecule has 6 heteroatoms. The summed E-state index contributed by atoms with van der Waals surface area (Å²) < 4.78 is 11.8. The first kappa shape index (κ1) is 24.3. The van der Waals surface area contributed by atoms with Gasteiger partial charge in [0.1, 0.15) is 18.1 Å². The second kappa shape index (κ2) is 11.1. The summed E-state index contributed by atoms with van der Waals surface area (Å²) in [5.41, 5.74) is 4.13. The molecule has 1 N–H and O–H groups in total. The molecule has 0 saturated carbocycles. The zero-order chi connectivity index (χ0) is 24.8. The lowest BCUT2D eigenvalue weighted by molar-refractivity contribution is 0.0693. The van der Waals surface area contributed by atoms with Crippen molar-refractivity contribution in [1.29, 1.82) is 0 Å². The third-order valence-electron chi connectivity index (χ3n) is 5.34. The molecule has 0 fully saturated rings. The van der Waals surface area contributed by atoms with Crippen LogP contribution in [-0.4, -0.2) is 22.2 Å². The molecule has 0 spiro atoms. The van der Waals surface area contributed by atoms with E-state index in [2.05, 4.69) is 17.1 Å². The van der Waals surface area contributed by atoms with Crippen LogP contribution in [0.2, 0.25) is 5.02 Å². The number of benzene rings is 3. The Balaban J connectivity index is 1.55. The second-order valence-corrected chi connectivity index (χ2v) is 8.83. The number of carboxylic acid groups (broad SMARTS) is 1. The van der Waals surface area contributed by atoms with Gasteiger partial charge in [-0.05, 0) is 73.9 Å². The van der Waals surface area contributed by atoms with Crippen LogP contribution in [0.15, 0.2) is 84.9 Å². The number of carbonyl (C=O) groups is 1. The third-order valence-corrected chi connectivity index (χ3v) is 5.57. The monoisotopic (exact) mass is 487 g/mol. The Kier molecular flexibility index (Phi) is 7.68. The standard InChI is InChI=1S/C29H26ClNO4/c1-19(2)35-28-17-22(30)10-13-24(28)26-15-14-25(29(32)33)27(31-26)18-34-23-11-8-21(9-12-23)16-20-6-4-3-5-7-20/h3-15,17,19H,16,18H2,1-2H3,(H,32,33). The lowest BCUT2D eigenvalue weighted by Gasteiger charge is -2.16. The first-order valence-corrected chi connectivity index (χ1v) is 11.7. The minimum Gasteiger partial charge on any atom is -0.490 e. The maximum Gasteiger partial charge on any atom is 0.337 e. The van der Waals surface area contributed by atoms with Crippen molar-refractivity contribution >= 4 is 17.6 Å². The SMILES string of the molecule is CC(C)Oc1cc(Cl)ccc1-c1ccc(C(=O)O)c(COc2ccc(Cc3ccccc3)cc2)n1. The topological polar surface area (TPSA) is 68.7 Å². The van der Waals surface area contributed by atoms with E-state index in [9.17, 15) is 9.90 Å². The maximum absolute atomic E-state index is 11.8. The number of pyridine rings is 1. The highest BCUT2D eigenvalue weighted by Gasteiger charge is 2.17. The Morgan fingerprint density at radius 2 is 1.66 bits per heavy atom. The molecule has 178 valence electrons. The number of halogens is 1. The number of rotatable bonds is 9. The van der Waals surface area contributed by atoms with Crippen LogP contribution in [-0.2, 0) is 13.0 Å². The molecule has 5 nitrogen and oxygen atoms in total. The third kappa shape index (κ3) is 6.40. The van der Waals surface area contributed by atoms with Gasteiger partial charge in [-0.1, -0.05) is 54.1 Å². The van der Waals surface area contributed by atoms with Gasteiger partial charge in [-0.2, -0.15) is 0 Å². The fourth-order valence-corrected chi connectivity index (χ4v) is 3.86. The fourth-order valence-electron chi connectivity index (χ4n) is 3.70. The Bertz CT molecular complexity index is 1300. The zero-order valence-electron chi connectivity index (χ0n) is 19.6. The van der Waals surface area contributed by atoms with Gasteiger partial charge in [0.25, 0.3) is 0 Å². The molecule has 1 heterocycles. The van der Waals surface area contributed by atoms with E-state index in [1.807, 2.05) is 62.4 Å². The minimum absolute atomic E-state index is 0.0153. The molecule has 0 atom stereocenters. The van der Waals surface area contributed by atoms with Crippen molar-refractivity contribution in [1.82, 2.24) is 4.98 Å². The number of nitrogens with zero attached hydrogens (tertiary/aromatic N) is 1. The van der Waals surface area contributed by atoms with Crippen molar-refractivity contribution in [3.8, 4) is 22.8 Å². The van der Waals surface area contributed by atoms with Crippen LogP contribution < -0.4 is 9.47 Å². The number of aromatic carboxylic acids is 1. The van der Waals surface area contributed by atoms with Gasteiger partial charge in [0, 0.05) is 10.6 Å². The quantitative estimate of drug-likeness (QED) is 0.274. The molecule has 4 rings (SSSR count). The van der Waals surface area contributed by atoms with Crippen molar-refractivity contribution in [2.45, 2.75) is 33.0 Å². The molecule has 0 aliphatic rings. The smallest absolute Gasteiger partial charge is 0.337 e. The lowest BCUT2D eigenvalue weighted by Crippen LogP contribution is -2.10. The van der Waals surface area contributed by atoms with Crippen LogP contribution in [0.3, 0.4) is 0 Å². The van der Waals surface area contributed by atoms with E-state index >= 15 is 0 Å². The van der Waals surface area contributed by atoms with Crippen LogP contribution in [0.5, 0.6) is 11.5 Å². The molecule has 4 aromatic rings. The van der Waals surface area contributed by atoms with Gasteiger partial charge >= 0.3 is 5.97 Å². The molecule has 0 radical (unpaired) electrons. The van der Waals surface area contributed by atoms with Crippen molar-refractivity contribution in [2.75, 3.05) is 0 Å². The van der Waals surface area contributed by atoms with Gasteiger partial charge in [0.2, 0.25) is 0 Å². The summed E-state index contributed by atoms with van der Waals surface area (Å²) in [5, 5.41) is 10.2. The van der Waals surface area contributed by atoms with E-state index in [0.717, 1.165) is 17.5 Å². The van der Waals surface area contributed by atoms with E-state index in [-0.39, 0.29) is 18.3 Å². The van der Waals surface area contributed by atoms with E-state index in [4.69, 9.17) is 21.1 Å². The average molecular weight is 488 g/mol. The van der Waals surface area contributed by atoms with Crippen LogP contribution in [0.25, 0.3) is 11.3 Å². The molecule has 0 aliphatic heterocycles. The molecule has 1 aromatic heterocycles. The number of hydrogen-bond donors (Lipinski definition) is 1. The van der Waals surface area contributed by atoms with Gasteiger partial charge < -0.3 is 14.6 Å². The van der Waals surface area contributed by atoms with Crippen LogP contribution >= 0.6 is 11.6 Å². The highest BCUT2D eigenvalue weighted by atomic mass is 35.5. The number of aromatic nitrogens is 1. The Hall–Kier alpha value is -3.83. The van der Waals surface area contributed by atoms with Crippen LogP contribution in [0.4, 0.5) is 0 Å². The first-order valence-electron chi connectivity index (χ1n) is 11.3. The predicted octanol–water partition coefficient (Wildman–Crippen LogP) is 7.06. The summed E-state index contributed by atoms with van der Waals surface area (Å²) in [7, 11) is 0. The fraction of sp³-hybridized carbons (Fsp3) is 0.172. The minimum atomic E-state index is -1.06. The van der Waals surface area contributed by atoms with Gasteiger partial charge in [-0.3, -0.25) is 0 Å². The number of hydrogen-bond acceptors (Lipinski definition) is 4. The molecule has 0 unspecified atom stereocenters. The highest BCUT2D eigenvalue weighted by Crippen LogP contribution is 2.33. The summed E-state index contributed by atoms with van der Waals surface area (Å²) in [6.07, 6.45) is 0.772. The van der Waals surface area contributed by atoms with Crippen LogP contribution in [0, 0.1) is 0 Å². The summed E-state index contributed by atoms with van der Waals surface area (Å²) >= 11 is 6.16. The van der Waals surface area contributed by atoms with Crippen molar-refractivity contribution < 1.29 is 19.4 Å². The maximum atomic E-state index is 11.8. The van der Waals surface area contributed by atoms with Crippen molar-refractivity contribution in [3.05, 3.63) is 112 Å². The number of ether oxygens (including phenoxy) is 2. The lowest BCUT2D eigenvalue weighted by atomic mass is 10.1. The van der Waals surface area contributed by atoms with Crippen molar-refractivity contribution in [2.24, 2.45) is 0 Å². The molecule has 0 aliphatic carbocycles. The summed E-state index contributed by atoms with van der Waals surface area (Å²) in [6, 6.07) is 26.5. The van der Waals surface area contributed by atoms with E-state index in [1.54, 1.807) is 24.3 Å². The van der Waals surface area contributed by atoms with Gasteiger partial charge in [0.15, 0.2) is 0 Å². The highest BCUT2D eigenvalue weighted by molar-refractivity contribution is 6.30. The average Bonchev–Trinajstić information content (AvgIpc) is 2.84. The Morgan fingerprint density at radius 3 is 2.34 bits per heavy atom. The summed E-state index contributed by atoms with van der Waals surface area (Å²) in [4.78, 5) is 16.4. The van der Waals surface area contributed by atoms with Gasteiger partial charge in [0.05, 0.1) is 23.1 Å². The van der Waals surface area contributed by atoms with E-state index in [0.29, 0.717) is 27.9 Å². The molecule has 3 aromatic carbocycles. The number of carboxylic acids is 1. The summed E-state index contributed by atoms with van der Waals surface area (Å²) in [6.45, 7) is 3.87. The Morgan fingerprint density at radius 1 is 0.943 bits per heavy atom. The summed E-state index contributed by atoms with van der Waals surface area (Å²) in [5.74, 6) is 0.167. The van der Waals surface area contributed by atoms with E-state index < -0.39 is 5.97 Å². The Labute approximate surface area is 209 Å². The molecular formula is C29H26ClNO4. The molecule has 0 amide bonds. The predicted molar refractivity (Wildman–Crippen MR) is 137 cm³/mol. The van der Waals surface area contributed by atoms with E-state index in [1.165, 1.54) is 5.56 Å². The second-order valence-electron chi connectivity index (χ2n) is 8.40. The van der Waals surface area contributed by atoms with Crippen molar-refractivity contribution in [3.63, 3.8) is 0 Å². The molecule has 0 bridgehead atoms. The zero-order valence-corrected chi connectivity index (χ0v) is 20.3. The molecular weight excluding hydrogens is 462 g/mol. The first-order chi connectivity index (χ1) is 16.9. The normalized spacial score (nSPS) is 10.9. The van der Waals surface area contributed by atoms with Gasteiger partial charge in [-0.15, -0.1) is 0 Å². The molecule has 0 saturated heterocycles. The largest absolute Gasteiger partial charge is 0.490 e. The van der Waals surface area contributed by atoms with Crippen LogP contribution in [0.1, 0.15) is 41.0 Å².